The topological polar surface area (TPSA) is 82.8 Å². The number of aliphatic hydroxyl groups is 1. The third-order valence-corrected chi connectivity index (χ3v) is 5.05. The van der Waals surface area contributed by atoms with E-state index in [0.717, 1.165) is 28.8 Å². The van der Waals surface area contributed by atoms with Crippen molar-refractivity contribution in [2.75, 3.05) is 26.4 Å². The van der Waals surface area contributed by atoms with Crippen molar-refractivity contribution in [3.05, 3.63) is 45.9 Å². The second-order valence-corrected chi connectivity index (χ2v) is 7.11. The zero-order valence-electron chi connectivity index (χ0n) is 16.4. The van der Waals surface area contributed by atoms with Crippen molar-refractivity contribution in [1.29, 1.82) is 0 Å². The minimum atomic E-state index is -0.616. The van der Waals surface area contributed by atoms with Gasteiger partial charge in [0.1, 0.15) is 18.8 Å². The van der Waals surface area contributed by atoms with Crippen LogP contribution >= 0.6 is 0 Å². The first-order valence-corrected chi connectivity index (χ1v) is 9.91. The Bertz CT molecular complexity index is 998. The molecule has 1 fully saturated rings. The molecule has 0 saturated carbocycles. The summed E-state index contributed by atoms with van der Waals surface area (Å²) in [5.41, 5.74) is 3.41. The monoisotopic (exact) mass is 396 g/mol. The van der Waals surface area contributed by atoms with Gasteiger partial charge in [-0.2, -0.15) is 4.98 Å². The van der Waals surface area contributed by atoms with E-state index in [1.165, 1.54) is 0 Å². The fraction of sp³-hybridized carbons (Fsp3) is 0.455. The quantitative estimate of drug-likeness (QED) is 0.787. The van der Waals surface area contributed by atoms with Crippen LogP contribution < -0.4 is 10.4 Å². The van der Waals surface area contributed by atoms with Gasteiger partial charge in [-0.15, -0.1) is 0 Å². The molecule has 2 atom stereocenters. The molecule has 0 spiro atoms. The SMILES string of the molecule is CCC(O)C#Cc1ccc2c(c1)CCn1c-2cc(OC[C@@H]2COCCO2)nc1=O. The largest absolute Gasteiger partial charge is 0.475 e. The molecule has 0 aliphatic carbocycles. The average Bonchev–Trinajstić information content (AvgIpc) is 2.76. The lowest BCUT2D eigenvalue weighted by atomic mass is 9.95. The molecule has 2 aliphatic rings. The predicted molar refractivity (Wildman–Crippen MR) is 107 cm³/mol. The number of aliphatic hydroxyl groups excluding tert-OH is 1. The molecular formula is C22H24N2O5. The van der Waals surface area contributed by atoms with E-state index in [2.05, 4.69) is 16.8 Å². The van der Waals surface area contributed by atoms with Crippen molar-refractivity contribution in [3.63, 3.8) is 0 Å². The van der Waals surface area contributed by atoms with Crippen LogP contribution in [0.2, 0.25) is 0 Å². The Hall–Kier alpha value is -2.66. The van der Waals surface area contributed by atoms with Crippen molar-refractivity contribution < 1.29 is 19.3 Å². The summed E-state index contributed by atoms with van der Waals surface area (Å²) in [4.78, 5) is 16.5. The van der Waals surface area contributed by atoms with E-state index < -0.39 is 6.10 Å². The summed E-state index contributed by atoms with van der Waals surface area (Å²) in [5.74, 6) is 6.15. The summed E-state index contributed by atoms with van der Waals surface area (Å²) in [7, 11) is 0. The van der Waals surface area contributed by atoms with Gasteiger partial charge in [0.05, 0.1) is 25.5 Å². The maximum absolute atomic E-state index is 12.5. The molecule has 1 unspecified atom stereocenters. The van der Waals surface area contributed by atoms with Crippen molar-refractivity contribution in [2.24, 2.45) is 0 Å². The number of aryl methyl sites for hydroxylation is 1. The molecule has 3 heterocycles. The number of ether oxygens (including phenoxy) is 3. The Labute approximate surface area is 169 Å². The highest BCUT2D eigenvalue weighted by Crippen LogP contribution is 2.30. The Morgan fingerprint density at radius 3 is 3.07 bits per heavy atom. The van der Waals surface area contributed by atoms with Gasteiger partial charge in [0.25, 0.3) is 0 Å². The summed E-state index contributed by atoms with van der Waals surface area (Å²) in [6.45, 7) is 4.35. The second kappa shape index (κ2) is 8.78. The van der Waals surface area contributed by atoms with E-state index in [1.54, 1.807) is 10.6 Å². The van der Waals surface area contributed by atoms with Crippen LogP contribution in [0.25, 0.3) is 11.3 Å². The van der Waals surface area contributed by atoms with Gasteiger partial charge in [-0.1, -0.05) is 24.8 Å². The average molecular weight is 396 g/mol. The molecule has 1 N–H and O–H groups in total. The minimum Gasteiger partial charge on any atom is -0.475 e. The van der Waals surface area contributed by atoms with Gasteiger partial charge >= 0.3 is 5.69 Å². The van der Waals surface area contributed by atoms with E-state index in [0.29, 0.717) is 38.7 Å². The highest BCUT2D eigenvalue weighted by Gasteiger charge is 2.20. The first-order chi connectivity index (χ1) is 14.1. The summed E-state index contributed by atoms with van der Waals surface area (Å²) in [6.07, 6.45) is 0.552. The number of rotatable bonds is 4. The predicted octanol–water partition coefficient (Wildman–Crippen LogP) is 1.38. The molecule has 2 aromatic rings. The van der Waals surface area contributed by atoms with Gasteiger partial charge < -0.3 is 19.3 Å². The Morgan fingerprint density at radius 1 is 1.38 bits per heavy atom. The number of fused-ring (bicyclic) bond motifs is 3. The molecule has 4 rings (SSSR count). The van der Waals surface area contributed by atoms with E-state index in [4.69, 9.17) is 14.2 Å². The molecule has 0 bridgehead atoms. The fourth-order valence-electron chi connectivity index (χ4n) is 3.44. The minimum absolute atomic E-state index is 0.156. The fourth-order valence-corrected chi connectivity index (χ4v) is 3.44. The van der Waals surface area contributed by atoms with Crippen molar-refractivity contribution in [2.45, 2.75) is 38.5 Å². The van der Waals surface area contributed by atoms with Gasteiger partial charge in [-0.05, 0) is 30.5 Å². The number of aromatic nitrogens is 2. The Balaban J connectivity index is 1.58. The van der Waals surface area contributed by atoms with Gasteiger partial charge in [-0.3, -0.25) is 4.57 Å². The van der Waals surface area contributed by atoms with Crippen LogP contribution in [-0.2, 0) is 22.4 Å². The summed E-state index contributed by atoms with van der Waals surface area (Å²) in [5, 5.41) is 9.64. The maximum atomic E-state index is 12.5. The molecular weight excluding hydrogens is 372 g/mol. The third-order valence-electron chi connectivity index (χ3n) is 5.05. The lowest BCUT2D eigenvalue weighted by molar-refractivity contribution is -0.102. The van der Waals surface area contributed by atoms with Gasteiger partial charge in [-0.25, -0.2) is 4.79 Å². The van der Waals surface area contributed by atoms with Crippen LogP contribution in [0.4, 0.5) is 0 Å². The maximum Gasteiger partial charge on any atom is 0.351 e. The molecule has 7 heteroatoms. The van der Waals surface area contributed by atoms with Gasteiger partial charge in [0.15, 0.2) is 0 Å². The van der Waals surface area contributed by atoms with Crippen molar-refractivity contribution in [3.8, 4) is 29.0 Å². The lowest BCUT2D eigenvalue weighted by Gasteiger charge is -2.24. The van der Waals surface area contributed by atoms with E-state index >= 15 is 0 Å². The number of hydrogen-bond acceptors (Lipinski definition) is 6. The molecule has 1 aromatic carbocycles. The van der Waals surface area contributed by atoms with E-state index in [1.807, 2.05) is 25.1 Å². The van der Waals surface area contributed by atoms with Crippen LogP contribution in [0.5, 0.6) is 5.88 Å². The normalized spacial score (nSPS) is 18.8. The first-order valence-electron chi connectivity index (χ1n) is 9.91. The van der Waals surface area contributed by atoms with Crippen LogP contribution in [0, 0.1) is 11.8 Å². The van der Waals surface area contributed by atoms with Crippen molar-refractivity contribution >= 4 is 0 Å². The zero-order chi connectivity index (χ0) is 20.2. The molecule has 29 heavy (non-hydrogen) atoms. The highest BCUT2D eigenvalue weighted by atomic mass is 16.6. The number of benzene rings is 1. The summed E-state index contributed by atoms with van der Waals surface area (Å²) in [6, 6.07) is 7.69. The molecule has 7 nitrogen and oxygen atoms in total. The van der Waals surface area contributed by atoms with Crippen LogP contribution in [0.1, 0.15) is 24.5 Å². The first kappa shape index (κ1) is 19.6. The summed E-state index contributed by atoms with van der Waals surface area (Å²) < 4.78 is 18.3. The van der Waals surface area contributed by atoms with E-state index in [-0.39, 0.29) is 18.4 Å². The molecule has 1 aromatic heterocycles. The smallest absolute Gasteiger partial charge is 0.351 e. The molecule has 0 radical (unpaired) electrons. The third kappa shape index (κ3) is 4.51. The molecule has 1 saturated heterocycles. The lowest BCUT2D eigenvalue weighted by Crippen LogP contribution is -2.34. The molecule has 152 valence electrons. The summed E-state index contributed by atoms with van der Waals surface area (Å²) >= 11 is 0. The zero-order valence-corrected chi connectivity index (χ0v) is 16.4. The Morgan fingerprint density at radius 2 is 2.28 bits per heavy atom. The molecule has 2 aliphatic heterocycles. The van der Waals surface area contributed by atoms with Gasteiger partial charge in [0.2, 0.25) is 5.88 Å². The number of hydrogen-bond donors (Lipinski definition) is 1. The van der Waals surface area contributed by atoms with Gasteiger partial charge in [0, 0.05) is 23.7 Å². The van der Waals surface area contributed by atoms with Crippen LogP contribution in [0.15, 0.2) is 29.1 Å². The second-order valence-electron chi connectivity index (χ2n) is 7.11. The van der Waals surface area contributed by atoms with E-state index in [9.17, 15) is 9.90 Å². The standard InChI is InChI=1S/C22H24N2O5/c1-2-17(25)5-3-15-4-6-19-16(11-15)7-8-24-20(19)12-21(23-22(24)26)29-14-18-13-27-9-10-28-18/h4,6,11-12,17-18,25H,2,7-10,13-14H2,1H3/t17?,18-/m0/s1. The molecule has 0 amide bonds. The van der Waals surface area contributed by atoms with Crippen molar-refractivity contribution in [1.82, 2.24) is 9.55 Å². The highest BCUT2D eigenvalue weighted by molar-refractivity contribution is 5.67. The number of nitrogens with zero attached hydrogens (tertiary/aromatic N) is 2. The van der Waals surface area contributed by atoms with Crippen LogP contribution in [0.3, 0.4) is 0 Å². The van der Waals surface area contributed by atoms with Crippen LogP contribution in [-0.4, -0.2) is 53.3 Å². The Kier molecular flexibility index (Phi) is 5.95.